The second-order valence-corrected chi connectivity index (χ2v) is 3.72. The van der Waals surface area contributed by atoms with Crippen molar-refractivity contribution in [2.75, 3.05) is 26.1 Å². The predicted molar refractivity (Wildman–Crippen MR) is 71.4 cm³/mol. The Morgan fingerprint density at radius 1 is 1.39 bits per heavy atom. The van der Waals surface area contributed by atoms with Gasteiger partial charge in [-0.05, 0) is 6.07 Å². The van der Waals surface area contributed by atoms with E-state index in [0.29, 0.717) is 28.8 Å². The van der Waals surface area contributed by atoms with E-state index in [1.807, 2.05) is 0 Å². The molecule has 0 radical (unpaired) electrons. The van der Waals surface area contributed by atoms with Crippen LogP contribution in [0.2, 0.25) is 5.02 Å². The number of benzene rings is 1. The van der Waals surface area contributed by atoms with Crippen LogP contribution in [0.3, 0.4) is 0 Å². The first-order chi connectivity index (χ1) is 8.62. The average molecular weight is 271 g/mol. The molecular formula is C12H15ClN2O3. The summed E-state index contributed by atoms with van der Waals surface area (Å²) < 4.78 is 10.2. The maximum Gasteiger partial charge on any atom is 0.248 e. The van der Waals surface area contributed by atoms with Gasteiger partial charge in [0.1, 0.15) is 11.5 Å². The zero-order valence-corrected chi connectivity index (χ0v) is 11.0. The van der Waals surface area contributed by atoms with Gasteiger partial charge in [-0.15, -0.1) is 0 Å². The van der Waals surface area contributed by atoms with Crippen molar-refractivity contribution < 1.29 is 14.3 Å². The molecule has 0 unspecified atom stereocenters. The summed E-state index contributed by atoms with van der Waals surface area (Å²) in [6, 6.07) is 3.16. The zero-order valence-electron chi connectivity index (χ0n) is 10.2. The van der Waals surface area contributed by atoms with Crippen molar-refractivity contribution in [2.24, 2.45) is 5.73 Å². The molecule has 18 heavy (non-hydrogen) atoms. The van der Waals surface area contributed by atoms with Gasteiger partial charge in [0.2, 0.25) is 5.91 Å². The summed E-state index contributed by atoms with van der Waals surface area (Å²) in [6.07, 6.45) is 2.89. The number of ether oxygens (including phenoxy) is 2. The summed E-state index contributed by atoms with van der Waals surface area (Å²) in [7, 11) is 3.00. The molecule has 0 aromatic heterocycles. The zero-order chi connectivity index (χ0) is 13.5. The van der Waals surface area contributed by atoms with Gasteiger partial charge >= 0.3 is 0 Å². The van der Waals surface area contributed by atoms with Gasteiger partial charge in [-0.3, -0.25) is 4.79 Å². The maximum absolute atomic E-state index is 11.5. The van der Waals surface area contributed by atoms with Gasteiger partial charge < -0.3 is 20.5 Å². The lowest BCUT2D eigenvalue weighted by molar-refractivity contribution is -0.111. The highest BCUT2D eigenvalue weighted by Gasteiger charge is 2.11. The Kier molecular flexibility index (Phi) is 5.48. The van der Waals surface area contributed by atoms with E-state index in [1.54, 1.807) is 18.2 Å². The Morgan fingerprint density at radius 2 is 2.06 bits per heavy atom. The molecule has 0 aliphatic rings. The van der Waals surface area contributed by atoms with Crippen LogP contribution in [-0.4, -0.2) is 26.7 Å². The molecule has 0 aliphatic carbocycles. The molecule has 0 saturated carbocycles. The van der Waals surface area contributed by atoms with Crippen molar-refractivity contribution in [3.8, 4) is 11.5 Å². The fourth-order valence-electron chi connectivity index (χ4n) is 1.31. The van der Waals surface area contributed by atoms with E-state index in [1.165, 1.54) is 20.3 Å². The lowest BCUT2D eigenvalue weighted by Gasteiger charge is -2.12. The molecule has 0 atom stereocenters. The Labute approximate surface area is 111 Å². The second kappa shape index (κ2) is 6.88. The first-order valence-electron chi connectivity index (χ1n) is 5.21. The van der Waals surface area contributed by atoms with Crippen molar-refractivity contribution in [3.05, 3.63) is 29.3 Å². The first-order valence-corrected chi connectivity index (χ1v) is 5.59. The highest BCUT2D eigenvalue weighted by atomic mass is 35.5. The lowest BCUT2D eigenvalue weighted by Crippen LogP contribution is -2.10. The van der Waals surface area contributed by atoms with Crippen LogP contribution >= 0.6 is 11.6 Å². The van der Waals surface area contributed by atoms with Gasteiger partial charge in [-0.25, -0.2) is 0 Å². The van der Waals surface area contributed by atoms with Gasteiger partial charge in [0.15, 0.2) is 0 Å². The number of anilines is 1. The molecule has 1 aromatic carbocycles. The highest BCUT2D eigenvalue weighted by Crippen LogP contribution is 2.35. The Bertz CT molecular complexity index is 461. The number of amides is 1. The van der Waals surface area contributed by atoms with E-state index >= 15 is 0 Å². The van der Waals surface area contributed by atoms with Crippen LogP contribution in [0.15, 0.2) is 24.3 Å². The number of carbonyl (C=O) groups is 1. The quantitative estimate of drug-likeness (QED) is 0.801. The topological polar surface area (TPSA) is 73.6 Å². The predicted octanol–water partition coefficient (Wildman–Crippen LogP) is 1.81. The lowest BCUT2D eigenvalue weighted by atomic mass is 10.2. The summed E-state index contributed by atoms with van der Waals surface area (Å²) in [5.74, 6) is 0.634. The maximum atomic E-state index is 11.5. The van der Waals surface area contributed by atoms with Crippen LogP contribution in [0, 0.1) is 0 Å². The minimum Gasteiger partial charge on any atom is -0.495 e. The molecule has 1 aromatic rings. The number of hydrogen-bond acceptors (Lipinski definition) is 4. The molecule has 6 heteroatoms. The summed E-state index contributed by atoms with van der Waals surface area (Å²) in [5.41, 5.74) is 5.73. The van der Waals surface area contributed by atoms with Crippen LogP contribution in [0.4, 0.5) is 5.69 Å². The molecular weight excluding hydrogens is 256 g/mol. The van der Waals surface area contributed by atoms with Gasteiger partial charge in [0.05, 0.1) is 24.9 Å². The van der Waals surface area contributed by atoms with Crippen molar-refractivity contribution in [2.45, 2.75) is 0 Å². The number of nitrogens with two attached hydrogens (primary N) is 1. The van der Waals surface area contributed by atoms with Crippen LogP contribution in [0.1, 0.15) is 0 Å². The second-order valence-electron chi connectivity index (χ2n) is 3.31. The monoisotopic (exact) mass is 270 g/mol. The molecule has 1 amide bonds. The molecule has 0 aliphatic heterocycles. The summed E-state index contributed by atoms with van der Waals surface area (Å²) in [5, 5.41) is 3.03. The van der Waals surface area contributed by atoms with E-state index in [0.717, 1.165) is 0 Å². The van der Waals surface area contributed by atoms with Crippen molar-refractivity contribution >= 4 is 23.2 Å². The van der Waals surface area contributed by atoms with E-state index in [9.17, 15) is 4.79 Å². The highest BCUT2D eigenvalue weighted by molar-refractivity contribution is 6.32. The Hall–Kier alpha value is -1.72. The average Bonchev–Trinajstić information content (AvgIpc) is 2.36. The number of halogens is 1. The minimum atomic E-state index is -0.306. The third-order valence-corrected chi connectivity index (χ3v) is 2.43. The number of nitrogens with one attached hydrogen (secondary N) is 1. The molecule has 3 N–H and O–H groups in total. The van der Waals surface area contributed by atoms with E-state index in [-0.39, 0.29) is 5.91 Å². The largest absolute Gasteiger partial charge is 0.495 e. The summed E-state index contributed by atoms with van der Waals surface area (Å²) >= 11 is 5.98. The molecule has 98 valence electrons. The Balaban J connectivity index is 2.97. The van der Waals surface area contributed by atoms with Crippen molar-refractivity contribution in [3.63, 3.8) is 0 Å². The van der Waals surface area contributed by atoms with Crippen LogP contribution in [0.25, 0.3) is 0 Å². The van der Waals surface area contributed by atoms with Gasteiger partial charge in [0, 0.05) is 18.7 Å². The van der Waals surface area contributed by atoms with Gasteiger partial charge in [0.25, 0.3) is 0 Å². The minimum absolute atomic E-state index is 0.300. The summed E-state index contributed by atoms with van der Waals surface area (Å²) in [4.78, 5) is 11.5. The molecule has 0 bridgehead atoms. The van der Waals surface area contributed by atoms with Crippen LogP contribution in [-0.2, 0) is 4.79 Å². The number of rotatable bonds is 5. The van der Waals surface area contributed by atoms with E-state index in [4.69, 9.17) is 26.8 Å². The third-order valence-electron chi connectivity index (χ3n) is 2.14. The Morgan fingerprint density at radius 3 is 2.61 bits per heavy atom. The fourth-order valence-corrected chi connectivity index (χ4v) is 1.55. The van der Waals surface area contributed by atoms with Crippen LogP contribution < -0.4 is 20.5 Å². The third kappa shape index (κ3) is 3.65. The SMILES string of the molecule is COc1cc(OC)c(NC(=O)/C=C/CN)cc1Cl. The fraction of sp³-hybridized carbons (Fsp3) is 0.250. The molecule has 0 fully saturated rings. The van der Waals surface area contributed by atoms with Gasteiger partial charge in [-0.1, -0.05) is 17.7 Å². The molecule has 1 rings (SSSR count). The standard InChI is InChI=1S/C12H15ClN2O3/c1-17-10-7-11(18-2)9(6-8(10)13)15-12(16)4-3-5-14/h3-4,6-7H,5,14H2,1-2H3,(H,15,16)/b4-3+. The summed E-state index contributed by atoms with van der Waals surface area (Å²) in [6.45, 7) is 0.300. The van der Waals surface area contributed by atoms with E-state index < -0.39 is 0 Å². The number of carbonyl (C=O) groups excluding carboxylic acids is 1. The van der Waals surface area contributed by atoms with Crippen molar-refractivity contribution in [1.82, 2.24) is 0 Å². The molecule has 0 spiro atoms. The molecule has 5 nitrogen and oxygen atoms in total. The number of methoxy groups -OCH3 is 2. The smallest absolute Gasteiger partial charge is 0.248 e. The van der Waals surface area contributed by atoms with Gasteiger partial charge in [-0.2, -0.15) is 0 Å². The molecule has 0 heterocycles. The van der Waals surface area contributed by atoms with Crippen LogP contribution in [0.5, 0.6) is 11.5 Å². The number of hydrogen-bond donors (Lipinski definition) is 2. The van der Waals surface area contributed by atoms with Crippen molar-refractivity contribution in [1.29, 1.82) is 0 Å². The first kappa shape index (κ1) is 14.3. The normalized spacial score (nSPS) is 10.4. The molecule has 0 saturated heterocycles. The van der Waals surface area contributed by atoms with E-state index in [2.05, 4.69) is 5.32 Å².